The van der Waals surface area contributed by atoms with Gasteiger partial charge in [-0.25, -0.2) is 8.78 Å². The first kappa shape index (κ1) is 24.0. The number of halogens is 2. The van der Waals surface area contributed by atoms with Crippen LogP contribution >= 0.6 is 0 Å². The molecule has 2 aliphatic rings. The third-order valence-corrected chi connectivity index (χ3v) is 6.70. The maximum Gasteiger partial charge on any atom is 0.222 e. The Labute approximate surface area is 198 Å². The number of carbonyl (C=O) groups excluding carboxylic acids is 2. The zero-order valence-electron chi connectivity index (χ0n) is 19.3. The Morgan fingerprint density at radius 2 is 1.97 bits per heavy atom. The first-order valence-electron chi connectivity index (χ1n) is 11.7. The van der Waals surface area contributed by atoms with E-state index in [0.29, 0.717) is 63.8 Å². The lowest BCUT2D eigenvalue weighted by Crippen LogP contribution is -2.46. The van der Waals surface area contributed by atoms with Gasteiger partial charge in [-0.15, -0.1) is 0 Å². The minimum Gasteiger partial charge on any atom is -0.494 e. The van der Waals surface area contributed by atoms with Crippen LogP contribution in [0.3, 0.4) is 0 Å². The van der Waals surface area contributed by atoms with Crippen molar-refractivity contribution in [3.05, 3.63) is 59.7 Å². The normalized spacial score (nSPS) is 20.8. The summed E-state index contributed by atoms with van der Waals surface area (Å²) in [7, 11) is 1.42. The number of methoxy groups -OCH3 is 1. The SMILES string of the molecule is COc1cc(CC2(CCC(=O)N3CCC(Oc4cccc(F)c4)CC3)CCC(=O)N2)ccc1F. The summed E-state index contributed by atoms with van der Waals surface area (Å²) in [6.07, 6.45) is 3.67. The molecule has 0 spiro atoms. The average molecular weight is 473 g/mol. The highest BCUT2D eigenvalue weighted by Crippen LogP contribution is 2.32. The van der Waals surface area contributed by atoms with Gasteiger partial charge in [-0.1, -0.05) is 12.1 Å². The fourth-order valence-electron chi connectivity index (χ4n) is 4.85. The van der Waals surface area contributed by atoms with Crippen molar-refractivity contribution >= 4 is 11.8 Å². The Kier molecular flexibility index (Phi) is 7.34. The minimum absolute atomic E-state index is 0.0307. The van der Waals surface area contributed by atoms with E-state index in [2.05, 4.69) is 5.32 Å². The molecule has 2 aromatic rings. The van der Waals surface area contributed by atoms with Gasteiger partial charge in [0.25, 0.3) is 0 Å². The van der Waals surface area contributed by atoms with Gasteiger partial charge in [-0.3, -0.25) is 9.59 Å². The summed E-state index contributed by atoms with van der Waals surface area (Å²) < 4.78 is 38.1. The van der Waals surface area contributed by atoms with Crippen molar-refractivity contribution in [1.29, 1.82) is 0 Å². The molecule has 0 saturated carbocycles. The molecule has 2 amide bonds. The molecular weight excluding hydrogens is 442 g/mol. The second-order valence-corrected chi connectivity index (χ2v) is 9.13. The first-order chi connectivity index (χ1) is 16.4. The zero-order chi connectivity index (χ0) is 24.1. The molecule has 1 unspecified atom stereocenters. The predicted octanol–water partition coefficient (Wildman–Crippen LogP) is 4.01. The van der Waals surface area contributed by atoms with Crippen LogP contribution in [0.2, 0.25) is 0 Å². The molecule has 34 heavy (non-hydrogen) atoms. The van der Waals surface area contributed by atoms with Gasteiger partial charge >= 0.3 is 0 Å². The van der Waals surface area contributed by atoms with Gasteiger partial charge in [0.05, 0.1) is 7.11 Å². The molecule has 6 nitrogen and oxygen atoms in total. The molecule has 2 aromatic carbocycles. The number of hydrogen-bond acceptors (Lipinski definition) is 4. The average Bonchev–Trinajstić information content (AvgIpc) is 3.19. The smallest absolute Gasteiger partial charge is 0.222 e. The van der Waals surface area contributed by atoms with Crippen molar-refractivity contribution in [2.45, 2.75) is 56.6 Å². The number of piperidine rings is 1. The van der Waals surface area contributed by atoms with E-state index in [1.807, 2.05) is 4.90 Å². The summed E-state index contributed by atoms with van der Waals surface area (Å²) in [5.41, 5.74) is 0.317. The van der Waals surface area contributed by atoms with E-state index < -0.39 is 11.4 Å². The van der Waals surface area contributed by atoms with Crippen LogP contribution in [0.5, 0.6) is 11.5 Å². The number of hydrogen-bond donors (Lipinski definition) is 1. The number of nitrogens with zero attached hydrogens (tertiary/aromatic N) is 1. The molecule has 0 bridgehead atoms. The first-order valence-corrected chi connectivity index (χ1v) is 11.7. The van der Waals surface area contributed by atoms with E-state index in [1.54, 1.807) is 24.3 Å². The zero-order valence-corrected chi connectivity index (χ0v) is 19.3. The number of likely N-dealkylation sites (tertiary alicyclic amines) is 1. The quantitative estimate of drug-likeness (QED) is 0.630. The molecule has 0 aliphatic carbocycles. The maximum absolute atomic E-state index is 13.8. The second-order valence-electron chi connectivity index (χ2n) is 9.13. The number of rotatable bonds is 8. The van der Waals surface area contributed by atoms with Crippen molar-refractivity contribution in [3.63, 3.8) is 0 Å². The Morgan fingerprint density at radius 1 is 1.18 bits per heavy atom. The lowest BCUT2D eigenvalue weighted by molar-refractivity contribution is -0.133. The van der Waals surface area contributed by atoms with Crippen LogP contribution in [0.4, 0.5) is 8.78 Å². The largest absolute Gasteiger partial charge is 0.494 e. The molecule has 182 valence electrons. The third-order valence-electron chi connectivity index (χ3n) is 6.70. The minimum atomic E-state index is -0.533. The van der Waals surface area contributed by atoms with E-state index >= 15 is 0 Å². The molecule has 1 N–H and O–H groups in total. The van der Waals surface area contributed by atoms with Crippen molar-refractivity contribution in [2.75, 3.05) is 20.2 Å². The summed E-state index contributed by atoms with van der Waals surface area (Å²) >= 11 is 0. The van der Waals surface area contributed by atoms with Crippen LogP contribution in [0, 0.1) is 11.6 Å². The molecule has 0 radical (unpaired) electrons. The Hall–Kier alpha value is -3.16. The highest BCUT2D eigenvalue weighted by Gasteiger charge is 2.38. The monoisotopic (exact) mass is 472 g/mol. The fraction of sp³-hybridized carbons (Fsp3) is 0.462. The summed E-state index contributed by atoms with van der Waals surface area (Å²) in [6.45, 7) is 1.15. The molecule has 2 fully saturated rings. The summed E-state index contributed by atoms with van der Waals surface area (Å²) in [5, 5.41) is 3.07. The molecular formula is C26H30F2N2O4. The van der Waals surface area contributed by atoms with Gasteiger partial charge < -0.3 is 19.7 Å². The fourth-order valence-corrected chi connectivity index (χ4v) is 4.85. The number of ether oxygens (including phenoxy) is 2. The Bertz CT molecular complexity index is 1040. The number of nitrogens with one attached hydrogen (secondary N) is 1. The van der Waals surface area contributed by atoms with Crippen LogP contribution in [-0.2, 0) is 16.0 Å². The number of benzene rings is 2. The maximum atomic E-state index is 13.8. The van der Waals surface area contributed by atoms with Gasteiger partial charge in [-0.05, 0) is 49.1 Å². The van der Waals surface area contributed by atoms with Crippen LogP contribution in [0.1, 0.15) is 44.1 Å². The summed E-state index contributed by atoms with van der Waals surface area (Å²) in [6, 6.07) is 10.8. The lowest BCUT2D eigenvalue weighted by Gasteiger charge is -2.34. The van der Waals surface area contributed by atoms with E-state index in [9.17, 15) is 18.4 Å². The second kappa shape index (κ2) is 10.4. The van der Waals surface area contributed by atoms with Crippen LogP contribution in [0.25, 0.3) is 0 Å². The van der Waals surface area contributed by atoms with Gasteiger partial charge in [0, 0.05) is 50.4 Å². The van der Waals surface area contributed by atoms with Crippen LogP contribution in [0.15, 0.2) is 42.5 Å². The molecule has 2 aliphatic heterocycles. The van der Waals surface area contributed by atoms with Gasteiger partial charge in [-0.2, -0.15) is 0 Å². The molecule has 1 atom stereocenters. The van der Waals surface area contributed by atoms with Gasteiger partial charge in [0.15, 0.2) is 11.6 Å². The number of carbonyl (C=O) groups is 2. The highest BCUT2D eigenvalue weighted by atomic mass is 19.1. The Balaban J connectivity index is 1.31. The van der Waals surface area contributed by atoms with Crippen molar-refractivity contribution in [1.82, 2.24) is 10.2 Å². The van der Waals surface area contributed by atoms with Gasteiger partial charge in [0.2, 0.25) is 11.8 Å². The third kappa shape index (κ3) is 5.85. The van der Waals surface area contributed by atoms with E-state index in [-0.39, 0.29) is 29.5 Å². The van der Waals surface area contributed by atoms with Crippen LogP contribution < -0.4 is 14.8 Å². The molecule has 4 rings (SSSR count). The standard InChI is InChI=1S/C26H30F2N2O4/c1-33-23-15-18(5-6-22(23)28)17-26(11-7-24(31)29-26)12-8-25(32)30-13-9-20(10-14-30)34-21-4-2-3-19(27)16-21/h2-6,15-16,20H,7-14,17H2,1H3,(H,29,31). The van der Waals surface area contributed by atoms with Crippen molar-refractivity contribution < 1.29 is 27.8 Å². The van der Waals surface area contributed by atoms with E-state index in [4.69, 9.17) is 9.47 Å². The topological polar surface area (TPSA) is 67.9 Å². The molecule has 2 saturated heterocycles. The highest BCUT2D eigenvalue weighted by molar-refractivity contribution is 5.80. The van der Waals surface area contributed by atoms with E-state index in [1.165, 1.54) is 25.3 Å². The Morgan fingerprint density at radius 3 is 2.65 bits per heavy atom. The molecule has 8 heteroatoms. The number of amides is 2. The van der Waals surface area contributed by atoms with E-state index in [0.717, 1.165) is 5.56 Å². The lowest BCUT2D eigenvalue weighted by atomic mass is 9.84. The van der Waals surface area contributed by atoms with Crippen LogP contribution in [-0.4, -0.2) is 48.6 Å². The predicted molar refractivity (Wildman–Crippen MR) is 123 cm³/mol. The van der Waals surface area contributed by atoms with Gasteiger partial charge in [0.1, 0.15) is 17.7 Å². The van der Waals surface area contributed by atoms with Crippen molar-refractivity contribution in [3.8, 4) is 11.5 Å². The summed E-state index contributed by atoms with van der Waals surface area (Å²) in [5.74, 6) is -0.0939. The molecule has 2 heterocycles. The van der Waals surface area contributed by atoms with Crippen molar-refractivity contribution in [2.24, 2.45) is 0 Å². The summed E-state index contributed by atoms with van der Waals surface area (Å²) in [4.78, 5) is 26.8. The molecule has 0 aromatic heterocycles.